The van der Waals surface area contributed by atoms with Crippen molar-refractivity contribution in [1.82, 2.24) is 9.97 Å². The Kier molecular flexibility index (Phi) is 6.10. The Bertz CT molecular complexity index is 1050. The van der Waals surface area contributed by atoms with Gasteiger partial charge in [-0.05, 0) is 37.3 Å². The van der Waals surface area contributed by atoms with Crippen molar-refractivity contribution in [2.24, 2.45) is 0 Å². The van der Waals surface area contributed by atoms with Gasteiger partial charge in [0.1, 0.15) is 23.7 Å². The van der Waals surface area contributed by atoms with Gasteiger partial charge in [-0.15, -0.1) is 0 Å². The van der Waals surface area contributed by atoms with Crippen LogP contribution in [-0.2, 0) is 9.84 Å². The number of hydrogen-bond acceptors (Lipinski definition) is 7. The lowest BCUT2D eigenvalue weighted by Gasteiger charge is -2.11. The number of rotatable bonds is 8. The van der Waals surface area contributed by atoms with Crippen molar-refractivity contribution < 1.29 is 13.2 Å². The van der Waals surface area contributed by atoms with Crippen molar-refractivity contribution in [3.8, 4) is 5.75 Å². The van der Waals surface area contributed by atoms with E-state index >= 15 is 0 Å². The Morgan fingerprint density at radius 3 is 2.18 bits per heavy atom. The van der Waals surface area contributed by atoms with Gasteiger partial charge in [0.2, 0.25) is 0 Å². The molecule has 0 atom stereocenters. The smallest absolute Gasteiger partial charge is 0.178 e. The molecule has 0 spiro atoms. The zero-order valence-corrected chi connectivity index (χ0v) is 16.5. The van der Waals surface area contributed by atoms with Gasteiger partial charge in [-0.3, -0.25) is 0 Å². The van der Waals surface area contributed by atoms with E-state index in [4.69, 9.17) is 4.74 Å². The van der Waals surface area contributed by atoms with E-state index in [1.54, 1.807) is 37.3 Å². The van der Waals surface area contributed by atoms with Crippen molar-refractivity contribution in [2.75, 3.05) is 23.0 Å². The predicted molar refractivity (Wildman–Crippen MR) is 110 cm³/mol. The van der Waals surface area contributed by atoms with E-state index in [1.165, 1.54) is 6.33 Å². The summed E-state index contributed by atoms with van der Waals surface area (Å²) in [6.45, 7) is 4.15. The molecule has 2 N–H and O–H groups in total. The molecule has 0 aliphatic carbocycles. The molecule has 3 rings (SSSR count). The normalized spacial score (nSPS) is 11.1. The average Bonchev–Trinajstić information content (AvgIpc) is 2.69. The van der Waals surface area contributed by atoms with Gasteiger partial charge in [-0.25, -0.2) is 18.4 Å². The van der Waals surface area contributed by atoms with Gasteiger partial charge >= 0.3 is 0 Å². The predicted octanol–water partition coefficient (Wildman–Crippen LogP) is 4.16. The number of anilines is 4. The van der Waals surface area contributed by atoms with Crippen LogP contribution in [0, 0.1) is 0 Å². The summed E-state index contributed by atoms with van der Waals surface area (Å²) in [7, 11) is -3.27. The molecule has 146 valence electrons. The van der Waals surface area contributed by atoms with Crippen LogP contribution >= 0.6 is 0 Å². The summed E-state index contributed by atoms with van der Waals surface area (Å²) in [5.41, 5.74) is 1.48. The topological polar surface area (TPSA) is 93.2 Å². The van der Waals surface area contributed by atoms with Gasteiger partial charge in [0, 0.05) is 23.5 Å². The van der Waals surface area contributed by atoms with E-state index in [9.17, 15) is 8.42 Å². The molecule has 0 saturated heterocycles. The maximum atomic E-state index is 12.1. The number of nitrogens with one attached hydrogen (secondary N) is 2. The van der Waals surface area contributed by atoms with Gasteiger partial charge in [-0.2, -0.15) is 0 Å². The van der Waals surface area contributed by atoms with Crippen molar-refractivity contribution in [3.63, 3.8) is 0 Å². The lowest BCUT2D eigenvalue weighted by molar-refractivity contribution is 0.340. The highest BCUT2D eigenvalue weighted by Gasteiger charge is 2.12. The first-order valence-corrected chi connectivity index (χ1v) is 10.6. The third kappa shape index (κ3) is 4.98. The number of ether oxygens (including phenoxy) is 1. The lowest BCUT2D eigenvalue weighted by atomic mass is 10.3. The summed E-state index contributed by atoms with van der Waals surface area (Å²) in [5, 5.41) is 6.32. The van der Waals surface area contributed by atoms with Crippen LogP contribution in [0.5, 0.6) is 5.75 Å². The molecule has 0 radical (unpaired) electrons. The van der Waals surface area contributed by atoms with Crippen molar-refractivity contribution in [2.45, 2.75) is 18.7 Å². The highest BCUT2D eigenvalue weighted by Crippen LogP contribution is 2.23. The van der Waals surface area contributed by atoms with Gasteiger partial charge in [0.25, 0.3) is 0 Å². The van der Waals surface area contributed by atoms with Crippen molar-refractivity contribution in [1.29, 1.82) is 0 Å². The van der Waals surface area contributed by atoms with Crippen LogP contribution < -0.4 is 15.4 Å². The van der Waals surface area contributed by atoms with Crippen molar-refractivity contribution in [3.05, 3.63) is 60.9 Å². The zero-order valence-electron chi connectivity index (χ0n) is 15.7. The molecule has 7 nitrogen and oxygen atoms in total. The number of hydrogen-bond donors (Lipinski definition) is 2. The minimum atomic E-state index is -3.27. The first kappa shape index (κ1) is 19.6. The molecule has 2 aromatic carbocycles. The van der Waals surface area contributed by atoms with Gasteiger partial charge in [0.15, 0.2) is 9.84 Å². The maximum Gasteiger partial charge on any atom is 0.178 e. The average molecular weight is 398 g/mol. The summed E-state index contributed by atoms with van der Waals surface area (Å²) >= 11 is 0. The minimum Gasteiger partial charge on any atom is -0.494 e. The standard InChI is InChI=1S/C20H22N4O3S/c1-3-27-17-9-5-7-15(11-17)23-19-13-20(22-14-21-19)24-16-8-6-10-18(12-16)28(25,26)4-2/h5-14H,3-4H2,1-2H3,(H2,21,22,23,24). The van der Waals surface area contributed by atoms with E-state index in [0.29, 0.717) is 23.9 Å². The molecule has 0 fully saturated rings. The van der Waals surface area contributed by atoms with Gasteiger partial charge < -0.3 is 15.4 Å². The number of sulfone groups is 1. The molecule has 0 unspecified atom stereocenters. The SMILES string of the molecule is CCOc1cccc(Nc2cc(Nc3cccc(S(=O)(=O)CC)c3)ncn2)c1. The molecule has 28 heavy (non-hydrogen) atoms. The Morgan fingerprint density at radius 2 is 1.54 bits per heavy atom. The molecule has 0 amide bonds. The van der Waals surface area contributed by atoms with Crippen molar-refractivity contribution >= 4 is 32.8 Å². The molecular formula is C20H22N4O3S. The Labute approximate surface area is 164 Å². The lowest BCUT2D eigenvalue weighted by Crippen LogP contribution is -2.04. The van der Waals surface area contributed by atoms with E-state index in [1.807, 2.05) is 31.2 Å². The highest BCUT2D eigenvalue weighted by molar-refractivity contribution is 7.91. The molecule has 0 aliphatic rings. The molecule has 0 bridgehead atoms. The Balaban J connectivity index is 1.77. The largest absolute Gasteiger partial charge is 0.494 e. The fourth-order valence-electron chi connectivity index (χ4n) is 2.55. The van der Waals surface area contributed by atoms with Crippen LogP contribution in [0.15, 0.2) is 65.8 Å². The molecule has 0 saturated carbocycles. The molecular weight excluding hydrogens is 376 g/mol. The number of aromatic nitrogens is 2. The summed E-state index contributed by atoms with van der Waals surface area (Å²) < 4.78 is 29.6. The van der Waals surface area contributed by atoms with Gasteiger partial charge in [-0.1, -0.05) is 19.1 Å². The molecule has 3 aromatic rings. The Morgan fingerprint density at radius 1 is 0.893 bits per heavy atom. The van der Waals surface area contributed by atoms with Crippen LogP contribution in [0.2, 0.25) is 0 Å². The zero-order chi connectivity index (χ0) is 20.0. The Hall–Kier alpha value is -3.13. The first-order chi connectivity index (χ1) is 13.5. The summed E-state index contributed by atoms with van der Waals surface area (Å²) in [5.74, 6) is 1.97. The van der Waals surface area contributed by atoms with E-state index < -0.39 is 9.84 Å². The van der Waals surface area contributed by atoms with Gasteiger partial charge in [0.05, 0.1) is 17.3 Å². The van der Waals surface area contributed by atoms with Crippen LogP contribution in [0.4, 0.5) is 23.0 Å². The second-order valence-corrected chi connectivity index (χ2v) is 8.21. The summed E-state index contributed by atoms with van der Waals surface area (Å²) in [6, 6.07) is 16.0. The van der Waals surface area contributed by atoms with E-state index in [-0.39, 0.29) is 10.6 Å². The molecule has 0 aliphatic heterocycles. The second kappa shape index (κ2) is 8.71. The second-order valence-electron chi connectivity index (χ2n) is 5.93. The maximum absolute atomic E-state index is 12.1. The fraction of sp³-hybridized carbons (Fsp3) is 0.200. The number of benzene rings is 2. The van der Waals surface area contributed by atoms with E-state index in [0.717, 1.165) is 11.4 Å². The third-order valence-corrected chi connectivity index (χ3v) is 5.66. The summed E-state index contributed by atoms with van der Waals surface area (Å²) in [6.07, 6.45) is 1.43. The number of nitrogens with zero attached hydrogens (tertiary/aromatic N) is 2. The third-order valence-electron chi connectivity index (χ3n) is 3.93. The molecule has 1 heterocycles. The highest BCUT2D eigenvalue weighted by atomic mass is 32.2. The van der Waals surface area contributed by atoms with Crippen LogP contribution in [0.3, 0.4) is 0 Å². The minimum absolute atomic E-state index is 0.0544. The molecule has 1 aromatic heterocycles. The van der Waals surface area contributed by atoms with E-state index in [2.05, 4.69) is 20.6 Å². The van der Waals surface area contributed by atoms with Crippen LogP contribution in [-0.4, -0.2) is 30.7 Å². The van der Waals surface area contributed by atoms with Crippen LogP contribution in [0.1, 0.15) is 13.8 Å². The first-order valence-electron chi connectivity index (χ1n) is 8.92. The quantitative estimate of drug-likeness (QED) is 0.588. The fourth-order valence-corrected chi connectivity index (χ4v) is 3.48. The monoisotopic (exact) mass is 398 g/mol. The summed E-state index contributed by atoms with van der Waals surface area (Å²) in [4.78, 5) is 8.70. The molecule has 8 heteroatoms. The van der Waals surface area contributed by atoms with Crippen LogP contribution in [0.25, 0.3) is 0 Å².